The maximum absolute atomic E-state index is 15.1. The van der Waals surface area contributed by atoms with Crippen molar-refractivity contribution < 1.29 is 42.4 Å². The van der Waals surface area contributed by atoms with Crippen LogP contribution in [0.2, 0.25) is 0 Å². The van der Waals surface area contributed by atoms with Gasteiger partial charge < -0.3 is 43.5 Å². The van der Waals surface area contributed by atoms with Crippen LogP contribution >= 0.6 is 10.2 Å². The van der Waals surface area contributed by atoms with Crippen molar-refractivity contribution in [2.24, 2.45) is 0 Å². The number of carbonyl (C=O) groups excluding carboxylic acids is 1. The highest BCUT2D eigenvalue weighted by Crippen LogP contribution is 2.65. The molecule has 73 heavy (non-hydrogen) atoms. The Morgan fingerprint density at radius 1 is 0.836 bits per heavy atom. The second-order valence-corrected chi connectivity index (χ2v) is 22.0. The van der Waals surface area contributed by atoms with Crippen molar-refractivity contribution in [2.45, 2.75) is 94.7 Å². The van der Waals surface area contributed by atoms with E-state index >= 15 is 9.18 Å². The molecule has 0 bridgehead atoms. The lowest BCUT2D eigenvalue weighted by molar-refractivity contribution is -0.117. The van der Waals surface area contributed by atoms with Gasteiger partial charge in [0.2, 0.25) is 0 Å². The maximum Gasteiger partial charge on any atom is 0.335 e. The van der Waals surface area contributed by atoms with E-state index in [0.717, 1.165) is 78.4 Å². The smallest absolute Gasteiger partial charge is 0.335 e. The monoisotopic (exact) mass is 1020 g/mol. The normalized spacial score (nSPS) is 21.9. The molecule has 6 aromatic rings. The summed E-state index contributed by atoms with van der Waals surface area (Å²) in [5.41, 5.74) is 2.97. The van der Waals surface area contributed by atoms with Gasteiger partial charge in [-0.25, -0.2) is 23.2 Å². The van der Waals surface area contributed by atoms with Crippen molar-refractivity contribution in [2.75, 3.05) is 66.3 Å². The fourth-order valence-corrected chi connectivity index (χ4v) is 13.5. The van der Waals surface area contributed by atoms with Crippen LogP contribution in [0.25, 0.3) is 0 Å². The zero-order chi connectivity index (χ0) is 51.0. The lowest BCUT2D eigenvalue weighted by Crippen LogP contribution is -2.46. The molecule has 1 aromatic heterocycles. The first-order valence-corrected chi connectivity index (χ1v) is 27.1. The molecule has 17 heteroatoms. The number of benzene rings is 5. The lowest BCUT2D eigenvalue weighted by atomic mass is 9.94. The summed E-state index contributed by atoms with van der Waals surface area (Å²) in [6.07, 6.45) is 9.22. The molecule has 2 N–H and O–H groups in total. The van der Waals surface area contributed by atoms with E-state index in [1.165, 1.54) is 55.2 Å². The Morgan fingerprint density at radius 2 is 1.48 bits per heavy atom. The SMILES string of the molecule is CCCCCCCCOc1ccc(NS2(c3ccc(N4CCN(c5ccc(OC[C@H]6OC[C@](Cn7cncn7)(c7ccc(F)cc7F)O6)cc5)CC4)cc3)CC(c3ccc(C(=O)O)cc3)N(C(C)C)C2=O)cc1. The number of anilines is 3. The van der Waals surface area contributed by atoms with E-state index in [0.29, 0.717) is 18.1 Å². The molecule has 3 aliphatic heterocycles. The molecule has 0 saturated carbocycles. The number of nitrogens with zero attached hydrogens (tertiary/aromatic N) is 6. The largest absolute Gasteiger partial charge is 0.494 e. The molecule has 9 rings (SSSR count). The molecule has 0 spiro atoms. The number of hydrogen-bond donors (Lipinski definition) is 2. The number of aromatic nitrogens is 3. The van der Waals surface area contributed by atoms with Crippen molar-refractivity contribution in [1.29, 1.82) is 0 Å². The number of hydrogen-bond acceptors (Lipinski definition) is 11. The summed E-state index contributed by atoms with van der Waals surface area (Å²) in [5.74, 6) is -0.477. The molecule has 3 fully saturated rings. The predicted molar refractivity (Wildman–Crippen MR) is 280 cm³/mol. The van der Waals surface area contributed by atoms with E-state index in [1.807, 2.05) is 79.4 Å². The number of unbranched alkanes of at least 4 members (excludes halogenated alkanes) is 5. The molecule has 386 valence electrons. The van der Waals surface area contributed by atoms with Crippen LogP contribution in [0.3, 0.4) is 0 Å². The molecular formula is C56H65F2N7O7S. The molecule has 3 saturated heterocycles. The van der Waals surface area contributed by atoms with E-state index < -0.39 is 39.7 Å². The maximum atomic E-state index is 15.1. The highest BCUT2D eigenvalue weighted by Gasteiger charge is 2.51. The number of carboxylic acids is 1. The minimum Gasteiger partial charge on any atom is -0.494 e. The third kappa shape index (κ3) is 11.7. The summed E-state index contributed by atoms with van der Waals surface area (Å²) in [7, 11) is -2.37. The Morgan fingerprint density at radius 3 is 2.11 bits per heavy atom. The van der Waals surface area contributed by atoms with Crippen LogP contribution in [0.1, 0.15) is 86.8 Å². The molecular weight excluding hydrogens is 953 g/mol. The molecule has 0 aliphatic carbocycles. The standard InChI is InChI=1S/C56H65F2N7O7S/c1-4-5-6-7-8-9-32-69-47-21-15-44(16-22-47)61-73(35-52(65(40(2)3)55(73)68)41-10-12-42(13-11-41)54(66)67)49-25-19-46(20-26-49)63-30-28-62(29-31-63)45-17-23-48(24-18-45)70-34-53-71-37-56(72-53,36-64-39-59-38-60-64)50-27-14-43(57)33-51(50)58/h10-27,33,38-40,52-53,61H,4-9,28-32,34-37H2,1-3H3,(H,66,67)/t52?,53-,56+/m0/s1. The highest BCUT2D eigenvalue weighted by atomic mass is 32.3. The zero-order valence-corrected chi connectivity index (χ0v) is 42.5. The van der Waals surface area contributed by atoms with Crippen LogP contribution in [0.4, 0.5) is 30.6 Å². The van der Waals surface area contributed by atoms with Gasteiger partial charge in [0.25, 0.3) is 5.24 Å². The number of carboxylic acid groups (broad SMARTS) is 1. The first-order chi connectivity index (χ1) is 35.4. The summed E-state index contributed by atoms with van der Waals surface area (Å²) in [4.78, 5) is 38.4. The highest BCUT2D eigenvalue weighted by molar-refractivity contribution is 8.46. The molecule has 2 unspecified atom stereocenters. The van der Waals surface area contributed by atoms with Gasteiger partial charge in [-0.1, -0.05) is 67.4 Å². The van der Waals surface area contributed by atoms with Gasteiger partial charge in [-0.15, -0.1) is 0 Å². The first kappa shape index (κ1) is 51.2. The van der Waals surface area contributed by atoms with Crippen LogP contribution in [-0.4, -0.2) is 100 Å². The molecule has 3 aliphatic rings. The number of piperazine rings is 1. The molecule has 1 amide bonds. The fourth-order valence-electron chi connectivity index (χ4n) is 10.0. The van der Waals surface area contributed by atoms with E-state index in [9.17, 15) is 14.3 Å². The Balaban J connectivity index is 0.843. The van der Waals surface area contributed by atoms with Crippen LogP contribution in [-0.2, 0) is 21.6 Å². The third-order valence-electron chi connectivity index (χ3n) is 13.9. The average molecular weight is 1020 g/mol. The minimum absolute atomic E-state index is 0.00765. The van der Waals surface area contributed by atoms with Gasteiger partial charge in [-0.3, -0.25) is 4.79 Å². The fraction of sp³-hybridized carbons (Fsp3) is 0.393. The minimum atomic E-state index is -2.37. The number of amides is 1. The van der Waals surface area contributed by atoms with Gasteiger partial charge in [-0.2, -0.15) is 5.10 Å². The Hall–Kier alpha value is -6.69. The molecule has 0 radical (unpaired) electrons. The van der Waals surface area contributed by atoms with Crippen LogP contribution in [0.15, 0.2) is 133 Å². The summed E-state index contributed by atoms with van der Waals surface area (Å²) in [6, 6.07) is 34.2. The Labute approximate surface area is 427 Å². The third-order valence-corrected chi connectivity index (χ3v) is 17.2. The van der Waals surface area contributed by atoms with Crippen molar-refractivity contribution in [3.8, 4) is 11.5 Å². The summed E-state index contributed by atoms with van der Waals surface area (Å²) in [6.45, 7) is 10.3. The van der Waals surface area contributed by atoms with Crippen molar-refractivity contribution in [1.82, 2.24) is 19.7 Å². The number of aromatic carboxylic acids is 1. The van der Waals surface area contributed by atoms with Gasteiger partial charge in [0.1, 0.15) is 48.0 Å². The van der Waals surface area contributed by atoms with Crippen LogP contribution < -0.4 is 24.0 Å². The first-order valence-electron chi connectivity index (χ1n) is 25.3. The number of rotatable bonds is 22. The van der Waals surface area contributed by atoms with E-state index in [-0.39, 0.29) is 48.2 Å². The number of nitrogens with one attached hydrogen (secondary N) is 1. The van der Waals surface area contributed by atoms with Gasteiger partial charge in [0, 0.05) is 71.6 Å². The van der Waals surface area contributed by atoms with E-state index in [4.69, 9.17) is 18.9 Å². The second kappa shape index (κ2) is 23.0. The molecule has 4 heterocycles. The van der Waals surface area contributed by atoms with Crippen LogP contribution in [0.5, 0.6) is 11.5 Å². The second-order valence-electron chi connectivity index (χ2n) is 19.2. The lowest BCUT2D eigenvalue weighted by Gasteiger charge is -2.38. The quantitative estimate of drug-likeness (QED) is 0.0625. The zero-order valence-electron chi connectivity index (χ0n) is 41.7. The van der Waals surface area contributed by atoms with E-state index in [2.05, 4.69) is 55.8 Å². The van der Waals surface area contributed by atoms with Gasteiger partial charge >= 0.3 is 5.97 Å². The number of halogens is 2. The van der Waals surface area contributed by atoms with Crippen molar-refractivity contribution in [3.63, 3.8) is 0 Å². The summed E-state index contributed by atoms with van der Waals surface area (Å²) >= 11 is 0. The van der Waals surface area contributed by atoms with Gasteiger partial charge in [-0.05, 0) is 117 Å². The predicted octanol–water partition coefficient (Wildman–Crippen LogP) is 11.4. The Bertz CT molecular complexity index is 2760. The Kier molecular flexibility index (Phi) is 16.2. The number of ether oxygens (including phenoxy) is 4. The molecule has 14 nitrogen and oxygen atoms in total. The van der Waals surface area contributed by atoms with Crippen LogP contribution in [0, 0.1) is 11.6 Å². The van der Waals surface area contributed by atoms with Gasteiger partial charge in [0.15, 0.2) is 6.29 Å². The van der Waals surface area contributed by atoms with Crippen molar-refractivity contribution >= 4 is 38.5 Å². The summed E-state index contributed by atoms with van der Waals surface area (Å²) in [5, 5.41) is 13.8. The summed E-state index contributed by atoms with van der Waals surface area (Å²) < 4.78 is 58.7. The van der Waals surface area contributed by atoms with Crippen molar-refractivity contribution in [3.05, 3.63) is 156 Å². The molecule has 4 atom stereocenters. The average Bonchev–Trinajstić information content (AvgIpc) is 4.15. The van der Waals surface area contributed by atoms with E-state index in [1.54, 1.807) is 12.1 Å². The number of carbonyl (C=O) groups is 2. The topological polar surface area (TPSA) is 144 Å². The van der Waals surface area contributed by atoms with Gasteiger partial charge in [0.05, 0.1) is 31.4 Å². The molecule has 5 aromatic carbocycles.